The van der Waals surface area contributed by atoms with Crippen molar-refractivity contribution >= 4 is 155 Å². The molecule has 0 saturated heterocycles. The number of hydrogen-bond donors (Lipinski definition) is 5. The molecular formula is C65H66BrCl2N8O3P3. The number of rotatable bonds is 9. The van der Waals surface area contributed by atoms with Gasteiger partial charge in [0.1, 0.15) is 38.9 Å². The minimum Gasteiger partial charge on any atom is -0.399 e. The molecule has 0 aliphatic heterocycles. The number of hydrogen-bond acceptors (Lipinski definition) is 11. The third-order valence-electron chi connectivity index (χ3n) is 12.6. The number of benzene rings is 8. The lowest BCUT2D eigenvalue weighted by Crippen LogP contribution is -2.03. The monoisotopic (exact) mass is 1250 g/mol. The predicted octanol–water partition coefficient (Wildman–Crippen LogP) is 17.9. The highest BCUT2D eigenvalue weighted by atomic mass is 79.9. The Bertz CT molecular complexity index is 4100. The van der Waals surface area contributed by atoms with E-state index in [-0.39, 0.29) is 0 Å². The number of halogens is 3. The Kier molecular flexibility index (Phi) is 21.4. The Balaban J connectivity index is 0.000000160. The fraction of sp³-hybridized carbons (Fsp3) is 0.123. The van der Waals surface area contributed by atoms with Crippen LogP contribution in [0.5, 0.6) is 0 Å². The molecule has 0 aliphatic carbocycles. The Hall–Kier alpha value is -7.26. The van der Waals surface area contributed by atoms with E-state index in [9.17, 15) is 13.7 Å². The van der Waals surface area contributed by atoms with E-state index < -0.39 is 21.4 Å². The van der Waals surface area contributed by atoms with E-state index in [1.165, 1.54) is 5.56 Å². The SMILES string of the molecule is CP(C)(=O)c1ccc(Br)cc1.CP(C)(=O)c1ccc(Nc2cc(Cl)c3ccccc3n2)cc1.Cc1ccccc1N.Cc1ccccc1Nc1cc(Nc2ccc(P(C)(C)=O)cc2)nc2ccccc12.Nc1cc(Cl)c2ccccc2n1. The Morgan fingerprint density at radius 2 is 0.780 bits per heavy atom. The molecule has 0 bridgehead atoms. The first kappa shape index (κ1) is 62.3. The molecule has 8 aromatic carbocycles. The summed E-state index contributed by atoms with van der Waals surface area (Å²) >= 11 is 15.6. The molecule has 7 N–H and O–H groups in total. The first-order valence-corrected chi connectivity index (χ1v) is 35.3. The van der Waals surface area contributed by atoms with E-state index >= 15 is 0 Å². The summed E-state index contributed by atoms with van der Waals surface area (Å²) in [6.45, 7) is 14.7. The molecule has 0 aliphatic rings. The van der Waals surface area contributed by atoms with E-state index in [1.807, 2.05) is 195 Å². The maximum atomic E-state index is 12.2. The van der Waals surface area contributed by atoms with Crippen molar-refractivity contribution < 1.29 is 13.7 Å². The maximum absolute atomic E-state index is 12.2. The van der Waals surface area contributed by atoms with Gasteiger partial charge in [-0.2, -0.15) is 0 Å². The number of pyridine rings is 3. The lowest BCUT2D eigenvalue weighted by molar-refractivity contribution is 0.587. The molecule has 0 fully saturated rings. The number of anilines is 8. The van der Waals surface area contributed by atoms with Crippen molar-refractivity contribution in [1.29, 1.82) is 0 Å². The highest BCUT2D eigenvalue weighted by Gasteiger charge is 2.14. The maximum Gasteiger partial charge on any atom is 0.133 e. The number of fused-ring (bicyclic) bond motifs is 3. The summed E-state index contributed by atoms with van der Waals surface area (Å²) in [5.74, 6) is 1.90. The first-order valence-electron chi connectivity index (χ1n) is 26.0. The lowest BCUT2D eigenvalue weighted by atomic mass is 10.1. The van der Waals surface area contributed by atoms with Crippen LogP contribution in [0.15, 0.2) is 217 Å². The van der Waals surface area contributed by atoms with Crippen molar-refractivity contribution in [3.05, 3.63) is 238 Å². The number of nitrogens with one attached hydrogen (secondary N) is 3. The average Bonchev–Trinajstić information content (AvgIpc) is 3.54. The van der Waals surface area contributed by atoms with Crippen LogP contribution in [0.2, 0.25) is 10.0 Å². The van der Waals surface area contributed by atoms with Crippen molar-refractivity contribution in [2.24, 2.45) is 0 Å². The van der Waals surface area contributed by atoms with Gasteiger partial charge < -0.3 is 41.1 Å². The molecule has 17 heteroatoms. The van der Waals surface area contributed by atoms with Gasteiger partial charge in [0.15, 0.2) is 0 Å². The number of aromatic nitrogens is 3. The van der Waals surface area contributed by atoms with Gasteiger partial charge in [-0.05, 0) is 162 Å². The lowest BCUT2D eigenvalue weighted by Gasteiger charge is -2.15. The van der Waals surface area contributed by atoms with E-state index in [0.29, 0.717) is 21.7 Å². The third-order valence-corrected chi connectivity index (χ3v) is 18.4. The van der Waals surface area contributed by atoms with Crippen LogP contribution >= 0.6 is 60.6 Å². The largest absolute Gasteiger partial charge is 0.399 e. The molecule has 0 radical (unpaired) electrons. The van der Waals surface area contributed by atoms with Crippen molar-refractivity contribution in [2.75, 3.05) is 67.4 Å². The van der Waals surface area contributed by atoms with Crippen LogP contribution in [0.25, 0.3) is 32.7 Å². The Labute approximate surface area is 499 Å². The minimum atomic E-state index is -2.26. The second-order valence-corrected chi connectivity index (χ2v) is 31.7. The standard InChI is InChI=1S/C24H24N3OP.C17H16ClN2OP.C9H7ClN2.C8H10BrOP.C7H9N/c1-17-8-4-6-10-21(17)26-23-16-24(27-22-11-7-5-9-20(22)23)25-18-12-14-19(15-13-18)29(2,3)28;1-22(2,21)13-9-7-12(8-10-13)19-17-11-15(18)14-5-3-4-6-16(14)20-17;10-7-5-9(11)12-8-4-2-1-3-6(7)8;1-11(2,10)8-5-3-7(9)4-6-8;1-6-4-2-3-5-7(6)8/h4-16H,1-3H3,(H2,25,26,27);3-11H,1-2H3,(H,19,20);1-5H,(H2,11,12);3-6H,1-2H3;2-5H,8H2,1H3. The van der Waals surface area contributed by atoms with Crippen LogP contribution in [-0.4, -0.2) is 54.9 Å². The fourth-order valence-corrected chi connectivity index (χ4v) is 11.4. The molecule has 3 aromatic heterocycles. The second-order valence-electron chi connectivity index (χ2n) is 20.3. The summed E-state index contributed by atoms with van der Waals surface area (Å²) in [6, 6.07) is 67.9. The third kappa shape index (κ3) is 18.1. The highest BCUT2D eigenvalue weighted by Crippen LogP contribution is 2.37. The molecule has 0 amide bonds. The van der Waals surface area contributed by atoms with Gasteiger partial charge in [0.25, 0.3) is 0 Å². The molecule has 0 saturated carbocycles. The summed E-state index contributed by atoms with van der Waals surface area (Å²) in [5, 5.41) is 17.1. The van der Waals surface area contributed by atoms with Crippen molar-refractivity contribution in [1.82, 2.24) is 15.0 Å². The quantitative estimate of drug-likeness (QED) is 0.0686. The van der Waals surface area contributed by atoms with Gasteiger partial charge in [0, 0.05) is 71.4 Å². The molecular weight excluding hydrogens is 1180 g/mol. The molecule has 0 spiro atoms. The smallest absolute Gasteiger partial charge is 0.133 e. The molecule has 420 valence electrons. The molecule has 11 aromatic rings. The summed E-state index contributed by atoms with van der Waals surface area (Å²) in [6.07, 6.45) is 0. The topological polar surface area (TPSA) is 178 Å². The number of nitrogens with zero attached hydrogens (tertiary/aromatic N) is 3. The van der Waals surface area contributed by atoms with Crippen molar-refractivity contribution in [2.45, 2.75) is 13.8 Å². The normalized spacial score (nSPS) is 11.1. The van der Waals surface area contributed by atoms with E-state index in [2.05, 4.69) is 67.0 Å². The predicted molar refractivity (Wildman–Crippen MR) is 361 cm³/mol. The van der Waals surface area contributed by atoms with Crippen molar-refractivity contribution in [3.63, 3.8) is 0 Å². The van der Waals surface area contributed by atoms with Gasteiger partial charge >= 0.3 is 0 Å². The molecule has 3 heterocycles. The van der Waals surface area contributed by atoms with Gasteiger partial charge in [-0.1, -0.05) is 142 Å². The van der Waals surface area contributed by atoms with Crippen LogP contribution in [0.1, 0.15) is 11.1 Å². The molecule has 82 heavy (non-hydrogen) atoms. The van der Waals surface area contributed by atoms with Crippen LogP contribution in [0, 0.1) is 13.8 Å². The Morgan fingerprint density at radius 3 is 1.23 bits per heavy atom. The summed E-state index contributed by atoms with van der Waals surface area (Å²) in [4.78, 5) is 13.4. The van der Waals surface area contributed by atoms with E-state index in [1.54, 1.807) is 46.1 Å². The number of nitrogens with two attached hydrogens (primary N) is 2. The highest BCUT2D eigenvalue weighted by molar-refractivity contribution is 9.10. The van der Waals surface area contributed by atoms with E-state index in [4.69, 9.17) is 39.7 Å². The summed E-state index contributed by atoms with van der Waals surface area (Å²) < 4.78 is 36.8. The number of para-hydroxylation sites is 5. The van der Waals surface area contributed by atoms with Gasteiger partial charge in [-0.3, -0.25) is 0 Å². The number of nitrogen functional groups attached to an aromatic ring is 2. The zero-order valence-corrected chi connectivity index (χ0v) is 52.7. The zero-order valence-electron chi connectivity index (χ0n) is 46.9. The molecule has 11 rings (SSSR count). The van der Waals surface area contributed by atoms with Gasteiger partial charge in [-0.15, -0.1) is 0 Å². The average molecular weight is 1250 g/mol. The van der Waals surface area contributed by atoms with Gasteiger partial charge in [0.2, 0.25) is 0 Å². The summed E-state index contributed by atoms with van der Waals surface area (Å²) in [7, 11) is -6.54. The van der Waals surface area contributed by atoms with Gasteiger partial charge in [0.05, 0.1) is 32.3 Å². The fourth-order valence-electron chi connectivity index (χ4n) is 8.04. The zero-order chi connectivity index (χ0) is 59.2. The van der Waals surface area contributed by atoms with Gasteiger partial charge in [-0.25, -0.2) is 15.0 Å². The van der Waals surface area contributed by atoms with Crippen molar-refractivity contribution in [3.8, 4) is 0 Å². The molecule has 11 nitrogen and oxygen atoms in total. The summed E-state index contributed by atoms with van der Waals surface area (Å²) in [5.41, 5.74) is 20.7. The van der Waals surface area contributed by atoms with Crippen LogP contribution in [0.4, 0.5) is 45.9 Å². The Morgan fingerprint density at radius 1 is 0.402 bits per heavy atom. The van der Waals surface area contributed by atoms with Crippen LogP contribution < -0.4 is 43.3 Å². The van der Waals surface area contributed by atoms with Crippen LogP contribution in [-0.2, 0) is 13.7 Å². The molecule has 0 unspecified atom stereocenters. The first-order chi connectivity index (χ1) is 38.9. The molecule has 0 atom stereocenters. The van der Waals surface area contributed by atoms with E-state index in [0.717, 1.165) is 92.9 Å². The number of aryl methyl sites for hydroxylation is 2. The minimum absolute atomic E-state index is 0.457. The van der Waals surface area contributed by atoms with Crippen LogP contribution in [0.3, 0.4) is 0 Å². The second kappa shape index (κ2) is 28.1.